The number of rotatable bonds is 7. The molecule has 0 heterocycles. The Bertz CT molecular complexity index is 1120. The van der Waals surface area contributed by atoms with Gasteiger partial charge in [-0.1, -0.05) is 41.4 Å². The second kappa shape index (κ2) is 10.6. The van der Waals surface area contributed by atoms with Crippen LogP contribution in [0, 0.1) is 6.92 Å². The monoisotopic (exact) mass is 455 g/mol. The van der Waals surface area contributed by atoms with Gasteiger partial charge >= 0.3 is 0 Å². The lowest BCUT2D eigenvalue weighted by Gasteiger charge is -2.11. The molecule has 8 heteroatoms. The zero-order chi connectivity index (χ0) is 22.2. The zero-order valence-electron chi connectivity index (χ0n) is 16.6. The average molecular weight is 456 g/mol. The van der Waals surface area contributed by atoms with Crippen molar-refractivity contribution in [3.8, 4) is 5.75 Å². The highest BCUT2D eigenvalue weighted by atomic mass is 35.5. The first-order chi connectivity index (χ1) is 14.9. The third kappa shape index (κ3) is 6.57. The summed E-state index contributed by atoms with van der Waals surface area (Å²) in [6, 6.07) is 18.8. The molecule has 0 unspecified atom stereocenters. The Hall–Kier alpha value is -3.35. The summed E-state index contributed by atoms with van der Waals surface area (Å²) in [4.78, 5) is 24.4. The maximum atomic E-state index is 12.2. The number of benzene rings is 3. The number of ether oxygens (including phenoxy) is 1. The van der Waals surface area contributed by atoms with Crippen LogP contribution in [0.15, 0.2) is 71.8 Å². The van der Waals surface area contributed by atoms with E-state index in [2.05, 4.69) is 15.8 Å². The molecular formula is C23H19Cl2N3O3. The number of hydrogen-bond donors (Lipinski definition) is 2. The minimum Gasteiger partial charge on any atom is -0.483 e. The van der Waals surface area contributed by atoms with Gasteiger partial charge in [-0.15, -0.1) is 0 Å². The SMILES string of the molecule is Cc1ccccc1NC(=O)COc1ccc(Cl)cc1/C=N/NC(=O)c1ccc(Cl)cc1. The fraction of sp³-hybridized carbons (Fsp3) is 0.0870. The highest BCUT2D eigenvalue weighted by molar-refractivity contribution is 6.31. The molecule has 2 N–H and O–H groups in total. The van der Waals surface area contributed by atoms with Crippen molar-refractivity contribution in [2.75, 3.05) is 11.9 Å². The number of para-hydroxylation sites is 1. The molecule has 0 aliphatic heterocycles. The molecule has 3 aromatic carbocycles. The van der Waals surface area contributed by atoms with Crippen LogP contribution in [0.1, 0.15) is 21.5 Å². The van der Waals surface area contributed by atoms with Gasteiger partial charge in [0.05, 0.1) is 6.21 Å². The molecule has 0 saturated carbocycles. The molecule has 31 heavy (non-hydrogen) atoms. The lowest BCUT2D eigenvalue weighted by Crippen LogP contribution is -2.21. The molecule has 0 fully saturated rings. The summed E-state index contributed by atoms with van der Waals surface area (Å²) in [6.45, 7) is 1.70. The molecular weight excluding hydrogens is 437 g/mol. The number of nitrogens with zero attached hydrogens (tertiary/aromatic N) is 1. The van der Waals surface area contributed by atoms with Crippen LogP contribution in [-0.2, 0) is 4.79 Å². The molecule has 2 amide bonds. The zero-order valence-corrected chi connectivity index (χ0v) is 18.1. The quantitative estimate of drug-likeness (QED) is 0.384. The van der Waals surface area contributed by atoms with Crippen LogP contribution in [0.3, 0.4) is 0 Å². The summed E-state index contributed by atoms with van der Waals surface area (Å²) in [5, 5.41) is 7.75. The van der Waals surface area contributed by atoms with Gasteiger partial charge < -0.3 is 10.1 Å². The van der Waals surface area contributed by atoms with Gasteiger partial charge in [0, 0.05) is 26.9 Å². The molecule has 0 saturated heterocycles. The fourth-order valence-corrected chi connectivity index (χ4v) is 2.93. The van der Waals surface area contributed by atoms with Crippen molar-refractivity contribution in [2.45, 2.75) is 6.92 Å². The molecule has 0 aliphatic carbocycles. The average Bonchev–Trinajstić information content (AvgIpc) is 2.75. The molecule has 3 aromatic rings. The van der Waals surface area contributed by atoms with E-state index in [0.717, 1.165) is 11.3 Å². The first kappa shape index (κ1) is 22.3. The second-order valence-electron chi connectivity index (χ2n) is 6.54. The van der Waals surface area contributed by atoms with Gasteiger partial charge in [0.1, 0.15) is 5.75 Å². The number of halogens is 2. The van der Waals surface area contributed by atoms with Gasteiger partial charge in [-0.25, -0.2) is 5.43 Å². The molecule has 158 valence electrons. The minimum atomic E-state index is -0.393. The van der Waals surface area contributed by atoms with E-state index >= 15 is 0 Å². The van der Waals surface area contributed by atoms with Crippen LogP contribution in [0.25, 0.3) is 0 Å². The van der Waals surface area contributed by atoms with E-state index in [9.17, 15) is 9.59 Å². The summed E-state index contributed by atoms with van der Waals surface area (Å²) in [6.07, 6.45) is 1.40. The number of hydrazone groups is 1. The van der Waals surface area contributed by atoms with E-state index in [-0.39, 0.29) is 12.5 Å². The highest BCUT2D eigenvalue weighted by Crippen LogP contribution is 2.22. The standard InChI is InChI=1S/C23H19Cl2N3O3/c1-15-4-2-3-5-20(15)27-22(29)14-31-21-11-10-19(25)12-17(21)13-26-28-23(30)16-6-8-18(24)9-7-16/h2-13H,14H2,1H3,(H,27,29)(H,28,30)/b26-13+. The molecule has 0 aromatic heterocycles. The lowest BCUT2D eigenvalue weighted by molar-refractivity contribution is -0.118. The summed E-state index contributed by atoms with van der Waals surface area (Å²) in [5.74, 6) is -0.299. The highest BCUT2D eigenvalue weighted by Gasteiger charge is 2.09. The number of amides is 2. The number of nitrogens with one attached hydrogen (secondary N) is 2. The molecule has 3 rings (SSSR count). The van der Waals surface area contributed by atoms with Crippen molar-refractivity contribution >= 4 is 46.9 Å². The van der Waals surface area contributed by atoms with Gasteiger partial charge in [-0.05, 0) is 61.0 Å². The van der Waals surface area contributed by atoms with Gasteiger partial charge in [0.15, 0.2) is 6.61 Å². The number of aryl methyl sites for hydroxylation is 1. The Labute approximate surface area is 189 Å². The maximum absolute atomic E-state index is 12.2. The van der Waals surface area contributed by atoms with E-state index < -0.39 is 5.91 Å². The molecule has 0 radical (unpaired) electrons. The van der Waals surface area contributed by atoms with Crippen LogP contribution >= 0.6 is 23.2 Å². The van der Waals surface area contributed by atoms with E-state index in [1.807, 2.05) is 31.2 Å². The van der Waals surface area contributed by atoms with Crippen molar-refractivity contribution < 1.29 is 14.3 Å². The normalized spacial score (nSPS) is 10.7. The van der Waals surface area contributed by atoms with Crippen LogP contribution in [0.4, 0.5) is 5.69 Å². The van der Waals surface area contributed by atoms with Crippen LogP contribution < -0.4 is 15.5 Å². The smallest absolute Gasteiger partial charge is 0.271 e. The van der Waals surface area contributed by atoms with E-state index in [0.29, 0.717) is 26.9 Å². The van der Waals surface area contributed by atoms with E-state index in [1.54, 1.807) is 42.5 Å². The van der Waals surface area contributed by atoms with Crippen molar-refractivity contribution in [1.29, 1.82) is 0 Å². The topological polar surface area (TPSA) is 79.8 Å². The van der Waals surface area contributed by atoms with Crippen molar-refractivity contribution in [1.82, 2.24) is 5.43 Å². The number of anilines is 1. The van der Waals surface area contributed by atoms with Crippen LogP contribution in [0.2, 0.25) is 10.0 Å². The van der Waals surface area contributed by atoms with Gasteiger partial charge in [0.2, 0.25) is 0 Å². The molecule has 0 atom stereocenters. The Morgan fingerprint density at radius 1 is 1.00 bits per heavy atom. The summed E-state index contributed by atoms with van der Waals surface area (Å²) < 4.78 is 5.63. The predicted octanol–water partition coefficient (Wildman–Crippen LogP) is 5.08. The maximum Gasteiger partial charge on any atom is 0.271 e. The fourth-order valence-electron chi connectivity index (χ4n) is 2.62. The Morgan fingerprint density at radius 2 is 1.71 bits per heavy atom. The Kier molecular flexibility index (Phi) is 7.65. The van der Waals surface area contributed by atoms with Crippen molar-refractivity contribution in [3.05, 3.63) is 93.5 Å². The number of carbonyl (C=O) groups is 2. The van der Waals surface area contributed by atoms with Crippen LogP contribution in [-0.4, -0.2) is 24.6 Å². The molecule has 0 spiro atoms. The lowest BCUT2D eigenvalue weighted by atomic mass is 10.2. The summed E-state index contributed by atoms with van der Waals surface area (Å²) in [7, 11) is 0. The third-order valence-electron chi connectivity index (χ3n) is 4.23. The van der Waals surface area contributed by atoms with Gasteiger partial charge in [0.25, 0.3) is 11.8 Å². The van der Waals surface area contributed by atoms with E-state index in [4.69, 9.17) is 27.9 Å². The Balaban J connectivity index is 1.62. The third-order valence-corrected chi connectivity index (χ3v) is 4.71. The summed E-state index contributed by atoms with van der Waals surface area (Å²) >= 11 is 11.9. The van der Waals surface area contributed by atoms with E-state index in [1.165, 1.54) is 6.21 Å². The first-order valence-corrected chi connectivity index (χ1v) is 10.0. The largest absolute Gasteiger partial charge is 0.483 e. The molecule has 0 bridgehead atoms. The Morgan fingerprint density at radius 3 is 2.45 bits per heavy atom. The second-order valence-corrected chi connectivity index (χ2v) is 7.41. The van der Waals surface area contributed by atoms with Gasteiger partial charge in [-0.2, -0.15) is 5.10 Å². The van der Waals surface area contributed by atoms with Crippen molar-refractivity contribution in [2.24, 2.45) is 5.10 Å². The first-order valence-electron chi connectivity index (χ1n) is 9.29. The number of carbonyl (C=O) groups excluding carboxylic acids is 2. The molecule has 6 nitrogen and oxygen atoms in total. The summed E-state index contributed by atoms with van der Waals surface area (Å²) in [5.41, 5.74) is 5.02. The molecule has 0 aliphatic rings. The minimum absolute atomic E-state index is 0.200. The van der Waals surface area contributed by atoms with Crippen molar-refractivity contribution in [3.63, 3.8) is 0 Å². The van der Waals surface area contributed by atoms with Gasteiger partial charge in [-0.3, -0.25) is 9.59 Å². The van der Waals surface area contributed by atoms with Crippen LogP contribution in [0.5, 0.6) is 5.75 Å². The predicted molar refractivity (Wildman–Crippen MR) is 123 cm³/mol. The number of hydrogen-bond acceptors (Lipinski definition) is 4.